The van der Waals surface area contributed by atoms with E-state index in [1.54, 1.807) is 6.07 Å². The average molecular weight is 388 g/mol. The molecule has 4 heterocycles. The molecule has 6 nitrogen and oxygen atoms in total. The number of aryl methyl sites for hydroxylation is 2. The molecule has 4 aromatic rings. The molecule has 1 atom stereocenters. The second kappa shape index (κ2) is 7.12. The number of fused-ring (bicyclic) bond motifs is 2. The minimum absolute atomic E-state index is 0.284. The highest BCUT2D eigenvalue weighted by Crippen LogP contribution is 2.28. The Morgan fingerprint density at radius 3 is 2.90 bits per heavy atom. The average Bonchev–Trinajstić information content (AvgIpc) is 3.14. The van der Waals surface area contributed by atoms with Crippen LogP contribution < -0.4 is 5.63 Å². The van der Waals surface area contributed by atoms with E-state index in [2.05, 4.69) is 32.5 Å². The van der Waals surface area contributed by atoms with Gasteiger partial charge in [-0.25, -0.2) is 4.79 Å². The highest BCUT2D eigenvalue weighted by atomic mass is 16.4. The summed E-state index contributed by atoms with van der Waals surface area (Å²) in [7, 11) is 0. The first-order chi connectivity index (χ1) is 14.1. The highest BCUT2D eigenvalue weighted by Gasteiger charge is 2.25. The van der Waals surface area contributed by atoms with Crippen LogP contribution in [0.25, 0.3) is 16.6 Å². The van der Waals surface area contributed by atoms with Crippen LogP contribution >= 0.6 is 0 Å². The molecule has 1 aromatic carbocycles. The lowest BCUT2D eigenvalue weighted by Crippen LogP contribution is -2.34. The van der Waals surface area contributed by atoms with Crippen molar-refractivity contribution >= 4 is 16.6 Å². The maximum Gasteiger partial charge on any atom is 0.336 e. The highest BCUT2D eigenvalue weighted by molar-refractivity contribution is 5.81. The molecule has 0 amide bonds. The van der Waals surface area contributed by atoms with E-state index >= 15 is 0 Å². The lowest BCUT2D eigenvalue weighted by molar-refractivity contribution is 0.196. The van der Waals surface area contributed by atoms with E-state index in [-0.39, 0.29) is 5.63 Å². The molecule has 1 aliphatic rings. The molecule has 0 N–H and O–H groups in total. The predicted octanol–water partition coefficient (Wildman–Crippen LogP) is 3.83. The Bertz CT molecular complexity index is 1260. The van der Waals surface area contributed by atoms with Crippen LogP contribution in [0.1, 0.15) is 41.3 Å². The van der Waals surface area contributed by atoms with E-state index in [0.717, 1.165) is 60.5 Å². The van der Waals surface area contributed by atoms with E-state index < -0.39 is 0 Å². The summed E-state index contributed by atoms with van der Waals surface area (Å²) in [5.74, 6) is 1.35. The van der Waals surface area contributed by atoms with Gasteiger partial charge in [0.05, 0.1) is 0 Å². The van der Waals surface area contributed by atoms with Gasteiger partial charge in [-0.15, -0.1) is 10.2 Å². The molecule has 1 saturated heterocycles. The summed E-state index contributed by atoms with van der Waals surface area (Å²) in [6, 6.07) is 11.7. The third-order valence-electron chi connectivity index (χ3n) is 6.05. The second-order valence-electron chi connectivity index (χ2n) is 8.08. The lowest BCUT2D eigenvalue weighted by atomic mass is 9.96. The smallest absolute Gasteiger partial charge is 0.336 e. The zero-order valence-electron chi connectivity index (χ0n) is 16.8. The van der Waals surface area contributed by atoms with Gasteiger partial charge in [-0.05, 0) is 74.2 Å². The first-order valence-electron chi connectivity index (χ1n) is 10.1. The molecule has 3 aromatic heterocycles. The summed E-state index contributed by atoms with van der Waals surface area (Å²) >= 11 is 0. The van der Waals surface area contributed by atoms with Gasteiger partial charge < -0.3 is 4.42 Å². The van der Waals surface area contributed by atoms with Gasteiger partial charge in [-0.3, -0.25) is 9.30 Å². The van der Waals surface area contributed by atoms with Crippen LogP contribution in [0.5, 0.6) is 0 Å². The molecule has 0 spiro atoms. The molecule has 1 fully saturated rings. The molecule has 0 saturated carbocycles. The number of likely N-dealkylation sites (tertiary alicyclic amines) is 1. The Kier molecular flexibility index (Phi) is 4.43. The molecule has 6 heteroatoms. The molecule has 5 rings (SSSR count). The number of piperidine rings is 1. The van der Waals surface area contributed by atoms with Gasteiger partial charge in [0.2, 0.25) is 0 Å². The van der Waals surface area contributed by atoms with Crippen molar-refractivity contribution in [3.05, 3.63) is 75.5 Å². The van der Waals surface area contributed by atoms with E-state index in [0.29, 0.717) is 11.5 Å². The molecule has 0 radical (unpaired) electrons. The number of pyridine rings is 1. The van der Waals surface area contributed by atoms with Crippen molar-refractivity contribution in [3.8, 4) is 0 Å². The van der Waals surface area contributed by atoms with Crippen molar-refractivity contribution in [3.63, 3.8) is 0 Å². The van der Waals surface area contributed by atoms with E-state index in [4.69, 9.17) is 4.42 Å². The van der Waals surface area contributed by atoms with Gasteiger partial charge >= 0.3 is 5.63 Å². The van der Waals surface area contributed by atoms with Gasteiger partial charge in [0, 0.05) is 36.7 Å². The number of rotatable bonds is 3. The molecular weight excluding hydrogens is 364 g/mol. The predicted molar refractivity (Wildman–Crippen MR) is 112 cm³/mol. The Labute approximate surface area is 168 Å². The van der Waals surface area contributed by atoms with Gasteiger partial charge in [0.1, 0.15) is 11.4 Å². The van der Waals surface area contributed by atoms with Gasteiger partial charge in [-0.1, -0.05) is 6.07 Å². The zero-order valence-corrected chi connectivity index (χ0v) is 16.8. The molecule has 148 valence electrons. The molecular formula is C23H24N4O2. The Balaban J connectivity index is 1.45. The first-order valence-corrected chi connectivity index (χ1v) is 10.1. The van der Waals surface area contributed by atoms with Crippen LogP contribution in [0.3, 0.4) is 0 Å². The van der Waals surface area contributed by atoms with Gasteiger partial charge in [0.25, 0.3) is 0 Å². The molecule has 1 aliphatic heterocycles. The fourth-order valence-corrected chi connectivity index (χ4v) is 4.40. The van der Waals surface area contributed by atoms with Crippen LogP contribution in [-0.2, 0) is 6.54 Å². The third-order valence-corrected chi connectivity index (χ3v) is 6.05. The van der Waals surface area contributed by atoms with Crippen molar-refractivity contribution in [2.45, 2.75) is 39.2 Å². The van der Waals surface area contributed by atoms with Gasteiger partial charge in [-0.2, -0.15) is 0 Å². The first kappa shape index (κ1) is 18.1. The summed E-state index contributed by atoms with van der Waals surface area (Å²) in [5, 5.41) is 9.81. The second-order valence-corrected chi connectivity index (χ2v) is 8.08. The van der Waals surface area contributed by atoms with Crippen molar-refractivity contribution in [1.29, 1.82) is 0 Å². The normalized spacial score (nSPS) is 17.9. The van der Waals surface area contributed by atoms with Crippen molar-refractivity contribution in [1.82, 2.24) is 19.5 Å². The topological polar surface area (TPSA) is 63.6 Å². The number of nitrogens with zero attached hydrogens (tertiary/aromatic N) is 4. The largest absolute Gasteiger partial charge is 0.423 e. The minimum Gasteiger partial charge on any atom is -0.423 e. The van der Waals surface area contributed by atoms with Gasteiger partial charge in [0.15, 0.2) is 5.65 Å². The van der Waals surface area contributed by atoms with Crippen LogP contribution in [0, 0.1) is 13.8 Å². The standard InChI is InChI=1S/C23H24N4O2/c1-15-10-19-18(12-22(28)29-20(19)11-16(15)2)14-26-8-5-6-17(13-26)23-25-24-21-7-3-4-9-27(21)23/h3-4,7,9-12,17H,5-6,8,13-14H2,1-2H3. The fourth-order valence-electron chi connectivity index (χ4n) is 4.40. The van der Waals surface area contributed by atoms with E-state index in [9.17, 15) is 4.79 Å². The van der Waals surface area contributed by atoms with E-state index in [1.165, 1.54) is 5.56 Å². The van der Waals surface area contributed by atoms with Crippen molar-refractivity contribution < 1.29 is 4.42 Å². The third kappa shape index (κ3) is 3.34. The van der Waals surface area contributed by atoms with Crippen molar-refractivity contribution in [2.24, 2.45) is 0 Å². The fraction of sp³-hybridized carbons (Fsp3) is 0.348. The SMILES string of the molecule is Cc1cc2oc(=O)cc(CN3CCCC(c4nnc5ccccn45)C3)c2cc1C. The Morgan fingerprint density at radius 1 is 1.14 bits per heavy atom. The van der Waals surface area contributed by atoms with Crippen LogP contribution in [-0.4, -0.2) is 32.6 Å². The Hall–Kier alpha value is -2.99. The van der Waals surface area contributed by atoms with Crippen LogP contribution in [0.4, 0.5) is 0 Å². The maximum atomic E-state index is 12.1. The summed E-state index contributed by atoms with van der Waals surface area (Å²) in [6.45, 7) is 6.79. The molecule has 1 unspecified atom stereocenters. The zero-order chi connectivity index (χ0) is 20.0. The number of hydrogen-bond donors (Lipinski definition) is 0. The summed E-state index contributed by atoms with van der Waals surface area (Å²) < 4.78 is 7.55. The summed E-state index contributed by atoms with van der Waals surface area (Å²) in [4.78, 5) is 14.6. The number of hydrogen-bond acceptors (Lipinski definition) is 5. The quantitative estimate of drug-likeness (QED) is 0.499. The summed E-state index contributed by atoms with van der Waals surface area (Å²) in [5.41, 5.74) is 4.65. The minimum atomic E-state index is -0.284. The molecule has 0 aliphatic carbocycles. The lowest BCUT2D eigenvalue weighted by Gasteiger charge is -2.32. The monoisotopic (exact) mass is 388 g/mol. The Morgan fingerprint density at radius 2 is 2.00 bits per heavy atom. The molecule has 29 heavy (non-hydrogen) atoms. The van der Waals surface area contributed by atoms with Crippen LogP contribution in [0.2, 0.25) is 0 Å². The maximum absolute atomic E-state index is 12.1. The van der Waals surface area contributed by atoms with E-state index in [1.807, 2.05) is 37.4 Å². The van der Waals surface area contributed by atoms with Crippen molar-refractivity contribution in [2.75, 3.05) is 13.1 Å². The number of benzene rings is 1. The van der Waals surface area contributed by atoms with Crippen LogP contribution in [0.15, 0.2) is 51.8 Å². The number of aromatic nitrogens is 3. The molecule has 0 bridgehead atoms. The summed E-state index contributed by atoms with van der Waals surface area (Å²) in [6.07, 6.45) is 4.23.